The van der Waals surface area contributed by atoms with Gasteiger partial charge in [-0.3, -0.25) is 0 Å². The molecule has 0 aliphatic rings. The van der Waals surface area contributed by atoms with Crippen LogP contribution >= 0.6 is 31.9 Å². The molecule has 0 aromatic heterocycles. The monoisotopic (exact) mass is 376 g/mol. The number of halogens is 2. The van der Waals surface area contributed by atoms with Crippen molar-refractivity contribution in [2.24, 2.45) is 0 Å². The lowest BCUT2D eigenvalue weighted by atomic mass is 10.1. The van der Waals surface area contributed by atoms with Crippen molar-refractivity contribution in [3.63, 3.8) is 0 Å². The smallest absolute Gasteiger partial charge is 0.119 e. The zero-order chi connectivity index (χ0) is 13.2. The highest BCUT2D eigenvalue weighted by molar-refractivity contribution is 9.10. The molecule has 0 heterocycles. The van der Waals surface area contributed by atoms with Crippen molar-refractivity contribution in [1.82, 2.24) is 0 Å². The minimum absolute atomic E-state index is 0.829. The van der Waals surface area contributed by atoms with E-state index < -0.39 is 0 Å². The fourth-order valence-electron chi connectivity index (χ4n) is 1.82. The number of alkyl halides is 1. The topological polar surface area (TPSA) is 9.23 Å². The van der Waals surface area contributed by atoms with Crippen LogP contribution in [0.5, 0.6) is 5.75 Å². The SMILES string of the molecule is CCCCCCCCOc1ccc(Br)c(CBr)c1. The molecule has 0 radical (unpaired) electrons. The standard InChI is InChI=1S/C15H22Br2O/c1-2-3-4-5-6-7-10-18-14-8-9-15(17)13(11-14)12-16/h8-9,11H,2-7,10,12H2,1H3. The van der Waals surface area contributed by atoms with Gasteiger partial charge in [-0.05, 0) is 30.2 Å². The third-order valence-corrected chi connectivity index (χ3v) is 4.31. The second-order valence-electron chi connectivity index (χ2n) is 4.50. The first-order valence-corrected chi connectivity index (χ1v) is 8.66. The fraction of sp³-hybridized carbons (Fsp3) is 0.600. The van der Waals surface area contributed by atoms with E-state index in [-0.39, 0.29) is 0 Å². The summed E-state index contributed by atoms with van der Waals surface area (Å²) in [4.78, 5) is 0. The lowest BCUT2D eigenvalue weighted by molar-refractivity contribution is 0.304. The summed E-state index contributed by atoms with van der Waals surface area (Å²) in [6.07, 6.45) is 7.81. The van der Waals surface area contributed by atoms with Crippen LogP contribution in [0.25, 0.3) is 0 Å². The molecule has 0 amide bonds. The van der Waals surface area contributed by atoms with Gasteiger partial charge in [-0.15, -0.1) is 0 Å². The lowest BCUT2D eigenvalue weighted by Gasteiger charge is -2.08. The van der Waals surface area contributed by atoms with Crippen molar-refractivity contribution < 1.29 is 4.74 Å². The van der Waals surface area contributed by atoms with Crippen molar-refractivity contribution in [3.05, 3.63) is 28.2 Å². The second-order valence-corrected chi connectivity index (χ2v) is 5.92. The molecule has 0 bridgehead atoms. The van der Waals surface area contributed by atoms with Gasteiger partial charge in [-0.25, -0.2) is 0 Å². The summed E-state index contributed by atoms with van der Waals surface area (Å²) in [5.41, 5.74) is 1.23. The van der Waals surface area contributed by atoms with Crippen LogP contribution in [0.4, 0.5) is 0 Å². The van der Waals surface area contributed by atoms with E-state index in [9.17, 15) is 0 Å². The molecule has 0 spiro atoms. The molecule has 0 aliphatic carbocycles. The molecule has 3 heteroatoms. The number of hydrogen-bond donors (Lipinski definition) is 0. The number of ether oxygens (including phenoxy) is 1. The Balaban J connectivity index is 2.19. The maximum Gasteiger partial charge on any atom is 0.119 e. The van der Waals surface area contributed by atoms with Gasteiger partial charge < -0.3 is 4.74 Å². The van der Waals surface area contributed by atoms with E-state index in [1.807, 2.05) is 12.1 Å². The van der Waals surface area contributed by atoms with Gasteiger partial charge in [0.25, 0.3) is 0 Å². The summed E-state index contributed by atoms with van der Waals surface area (Å²) in [6.45, 7) is 3.08. The maximum atomic E-state index is 5.77. The Morgan fingerprint density at radius 3 is 2.50 bits per heavy atom. The molecule has 1 nitrogen and oxygen atoms in total. The fourth-order valence-corrected chi connectivity index (χ4v) is 3.04. The van der Waals surface area contributed by atoms with Gasteiger partial charge in [0.2, 0.25) is 0 Å². The third kappa shape index (κ3) is 6.24. The van der Waals surface area contributed by atoms with Gasteiger partial charge in [0.1, 0.15) is 5.75 Å². The summed E-state index contributed by atoms with van der Waals surface area (Å²) < 4.78 is 6.90. The van der Waals surface area contributed by atoms with Crippen LogP contribution in [0, 0.1) is 0 Å². The minimum Gasteiger partial charge on any atom is -0.494 e. The first-order valence-electron chi connectivity index (χ1n) is 6.75. The summed E-state index contributed by atoms with van der Waals surface area (Å²) >= 11 is 7.00. The molecular formula is C15H22Br2O. The first kappa shape index (κ1) is 16.0. The van der Waals surface area contributed by atoms with E-state index >= 15 is 0 Å². The minimum atomic E-state index is 0.829. The molecule has 0 aliphatic heterocycles. The number of benzene rings is 1. The summed E-state index contributed by atoms with van der Waals surface area (Å²) in [6, 6.07) is 6.16. The van der Waals surface area contributed by atoms with Crippen molar-refractivity contribution in [1.29, 1.82) is 0 Å². The molecule has 0 saturated heterocycles. The first-order chi connectivity index (χ1) is 8.77. The molecule has 102 valence electrons. The van der Waals surface area contributed by atoms with Crippen LogP contribution in [0.2, 0.25) is 0 Å². The van der Waals surface area contributed by atoms with Crippen LogP contribution in [-0.4, -0.2) is 6.61 Å². The number of rotatable bonds is 9. The zero-order valence-corrected chi connectivity index (χ0v) is 14.2. The van der Waals surface area contributed by atoms with Crippen molar-refractivity contribution >= 4 is 31.9 Å². The predicted octanol–water partition coefficient (Wildman–Crippen LogP) is 6.08. The Hall–Kier alpha value is -0.0200. The van der Waals surface area contributed by atoms with E-state index in [1.165, 1.54) is 37.7 Å². The normalized spacial score (nSPS) is 10.6. The Morgan fingerprint density at radius 1 is 1.06 bits per heavy atom. The highest BCUT2D eigenvalue weighted by Crippen LogP contribution is 2.24. The molecule has 18 heavy (non-hydrogen) atoms. The predicted molar refractivity (Wildman–Crippen MR) is 85.6 cm³/mol. The molecule has 1 aromatic carbocycles. The van der Waals surface area contributed by atoms with Crippen LogP contribution in [0.3, 0.4) is 0 Å². The summed E-state index contributed by atoms with van der Waals surface area (Å²) in [5, 5.41) is 0.849. The average molecular weight is 378 g/mol. The third-order valence-electron chi connectivity index (χ3n) is 2.93. The Labute approximate surface area is 128 Å². The quantitative estimate of drug-likeness (QED) is 0.374. The zero-order valence-electron chi connectivity index (χ0n) is 11.1. The molecular weight excluding hydrogens is 356 g/mol. The van der Waals surface area contributed by atoms with Crippen molar-refractivity contribution in [2.45, 2.75) is 50.8 Å². The lowest BCUT2D eigenvalue weighted by Crippen LogP contribution is -1.98. The Morgan fingerprint density at radius 2 is 1.78 bits per heavy atom. The van der Waals surface area contributed by atoms with Crippen molar-refractivity contribution in [3.8, 4) is 5.75 Å². The van der Waals surface area contributed by atoms with Crippen LogP contribution in [0.1, 0.15) is 51.0 Å². The van der Waals surface area contributed by atoms with Gasteiger partial charge in [-0.1, -0.05) is 70.9 Å². The van der Waals surface area contributed by atoms with E-state index in [2.05, 4.69) is 44.8 Å². The van der Waals surface area contributed by atoms with Gasteiger partial charge in [0.15, 0.2) is 0 Å². The molecule has 0 atom stereocenters. The molecule has 1 aromatic rings. The van der Waals surface area contributed by atoms with Gasteiger partial charge in [0, 0.05) is 9.80 Å². The van der Waals surface area contributed by atoms with Gasteiger partial charge in [-0.2, -0.15) is 0 Å². The van der Waals surface area contributed by atoms with E-state index in [1.54, 1.807) is 0 Å². The highest BCUT2D eigenvalue weighted by atomic mass is 79.9. The van der Waals surface area contributed by atoms with E-state index in [0.29, 0.717) is 0 Å². The van der Waals surface area contributed by atoms with Gasteiger partial charge in [0.05, 0.1) is 6.61 Å². The second kappa shape index (κ2) is 9.85. The summed E-state index contributed by atoms with van der Waals surface area (Å²) in [5.74, 6) is 0.973. The molecule has 0 unspecified atom stereocenters. The molecule has 1 rings (SSSR count). The number of hydrogen-bond acceptors (Lipinski definition) is 1. The highest BCUT2D eigenvalue weighted by Gasteiger charge is 2.01. The Kier molecular flexibility index (Phi) is 8.78. The Bertz CT molecular complexity index is 339. The summed E-state index contributed by atoms with van der Waals surface area (Å²) in [7, 11) is 0. The molecule has 0 saturated carbocycles. The van der Waals surface area contributed by atoms with Crippen LogP contribution in [0.15, 0.2) is 22.7 Å². The number of unbranched alkanes of at least 4 members (excludes halogenated alkanes) is 5. The maximum absolute atomic E-state index is 5.77. The van der Waals surface area contributed by atoms with Crippen LogP contribution < -0.4 is 4.74 Å². The average Bonchev–Trinajstić information content (AvgIpc) is 2.39. The van der Waals surface area contributed by atoms with E-state index in [4.69, 9.17) is 4.74 Å². The van der Waals surface area contributed by atoms with Crippen LogP contribution in [-0.2, 0) is 5.33 Å². The van der Waals surface area contributed by atoms with Crippen molar-refractivity contribution in [2.75, 3.05) is 6.61 Å². The molecule has 0 fully saturated rings. The molecule has 0 N–H and O–H groups in total. The van der Waals surface area contributed by atoms with E-state index in [0.717, 1.165) is 28.6 Å². The largest absolute Gasteiger partial charge is 0.494 e. The van der Waals surface area contributed by atoms with Gasteiger partial charge >= 0.3 is 0 Å².